The van der Waals surface area contributed by atoms with E-state index in [1.54, 1.807) is 24.3 Å². The van der Waals surface area contributed by atoms with Crippen LogP contribution < -0.4 is 26.6 Å². The van der Waals surface area contributed by atoms with Crippen LogP contribution in [0.4, 0.5) is 20.6 Å². The number of anilines is 2. The monoisotopic (exact) mass is 540 g/mol. The Labute approximate surface area is 225 Å². The van der Waals surface area contributed by atoms with Gasteiger partial charge in [-0.25, -0.2) is 14.0 Å². The SMILES string of the molecule is Nc1c(C2=NCC(F)CN2)cccc1N1CCC(C(=O)NC[C@H](NC(=O)OCc2ccccc2)C(=O)O)CC1. The number of ether oxygens (including phenoxy) is 1. The van der Waals surface area contributed by atoms with Crippen LogP contribution >= 0.6 is 0 Å². The van der Waals surface area contributed by atoms with E-state index < -0.39 is 24.3 Å². The van der Waals surface area contributed by atoms with Gasteiger partial charge < -0.3 is 36.4 Å². The highest BCUT2D eigenvalue weighted by Gasteiger charge is 2.29. The van der Waals surface area contributed by atoms with Crippen molar-refractivity contribution in [1.29, 1.82) is 0 Å². The van der Waals surface area contributed by atoms with Crippen LogP contribution in [0.25, 0.3) is 0 Å². The lowest BCUT2D eigenvalue weighted by Crippen LogP contribution is -2.50. The molecule has 0 radical (unpaired) electrons. The lowest BCUT2D eigenvalue weighted by Gasteiger charge is -2.34. The molecule has 6 N–H and O–H groups in total. The zero-order chi connectivity index (χ0) is 27.8. The highest BCUT2D eigenvalue weighted by Crippen LogP contribution is 2.31. The number of carboxylic acid groups (broad SMARTS) is 1. The molecule has 2 aliphatic rings. The largest absolute Gasteiger partial charge is 0.480 e. The molecule has 2 atom stereocenters. The number of amidine groups is 1. The van der Waals surface area contributed by atoms with E-state index in [9.17, 15) is 23.9 Å². The van der Waals surface area contributed by atoms with Crippen LogP contribution in [-0.4, -0.2) is 73.8 Å². The first-order chi connectivity index (χ1) is 18.8. The summed E-state index contributed by atoms with van der Waals surface area (Å²) in [4.78, 5) is 42.8. The molecule has 2 aliphatic heterocycles. The lowest BCUT2D eigenvalue weighted by molar-refractivity contribution is -0.139. The maximum absolute atomic E-state index is 13.4. The fourth-order valence-electron chi connectivity index (χ4n) is 4.57. The summed E-state index contributed by atoms with van der Waals surface area (Å²) >= 11 is 0. The number of hydrogen-bond donors (Lipinski definition) is 5. The minimum Gasteiger partial charge on any atom is -0.480 e. The van der Waals surface area contributed by atoms with Crippen molar-refractivity contribution in [3.05, 3.63) is 59.7 Å². The maximum Gasteiger partial charge on any atom is 0.408 e. The Morgan fingerprint density at radius 3 is 2.56 bits per heavy atom. The highest BCUT2D eigenvalue weighted by molar-refractivity contribution is 6.05. The van der Waals surface area contributed by atoms with Gasteiger partial charge in [-0.05, 0) is 30.5 Å². The molecule has 2 aromatic carbocycles. The standard InChI is InChI=1S/C27H33FN6O5/c28-19-13-30-24(31-14-19)20-7-4-8-22(23(20)29)34-11-9-18(10-12-34)25(35)32-15-21(26(36)37)33-27(38)39-16-17-5-2-1-3-6-17/h1-8,18-19,21H,9-16,29H2,(H,30,31)(H,32,35)(H,33,38)(H,36,37)/t21-/m0/s1. The maximum atomic E-state index is 13.4. The molecule has 0 bridgehead atoms. The van der Waals surface area contributed by atoms with Crippen molar-refractivity contribution in [1.82, 2.24) is 16.0 Å². The number of carbonyl (C=O) groups excluding carboxylic acids is 2. The van der Waals surface area contributed by atoms with Gasteiger partial charge in [-0.15, -0.1) is 0 Å². The molecule has 0 saturated carbocycles. The summed E-state index contributed by atoms with van der Waals surface area (Å²) in [5.74, 6) is -1.29. The molecule has 2 heterocycles. The number of aliphatic carboxylic acids is 1. The van der Waals surface area contributed by atoms with E-state index in [0.29, 0.717) is 43.0 Å². The topological polar surface area (TPSA) is 158 Å². The molecule has 1 unspecified atom stereocenters. The van der Waals surface area contributed by atoms with Crippen LogP contribution in [0.5, 0.6) is 0 Å². The molecule has 11 nitrogen and oxygen atoms in total. The summed E-state index contributed by atoms with van der Waals surface area (Å²) in [5.41, 5.74) is 9.29. The van der Waals surface area contributed by atoms with Gasteiger partial charge in [0.2, 0.25) is 5.91 Å². The average molecular weight is 541 g/mol. The fraction of sp³-hybridized carbons (Fsp3) is 0.407. The third-order valence-corrected chi connectivity index (χ3v) is 6.77. The van der Waals surface area contributed by atoms with Gasteiger partial charge in [-0.1, -0.05) is 36.4 Å². The van der Waals surface area contributed by atoms with Gasteiger partial charge in [0.25, 0.3) is 0 Å². The Hall–Kier alpha value is -4.35. The van der Waals surface area contributed by atoms with Crippen LogP contribution in [0, 0.1) is 5.92 Å². The number of carbonyl (C=O) groups is 3. The van der Waals surface area contributed by atoms with Crippen LogP contribution in [0.15, 0.2) is 53.5 Å². The van der Waals surface area contributed by atoms with Gasteiger partial charge in [-0.3, -0.25) is 9.79 Å². The van der Waals surface area contributed by atoms with Crippen LogP contribution in [0.1, 0.15) is 24.0 Å². The summed E-state index contributed by atoms with van der Waals surface area (Å²) in [6.45, 7) is 1.17. The molecule has 0 aromatic heterocycles. The zero-order valence-electron chi connectivity index (χ0n) is 21.4. The molecule has 1 saturated heterocycles. The summed E-state index contributed by atoms with van der Waals surface area (Å²) in [6.07, 6.45) is -0.809. The van der Waals surface area contributed by atoms with E-state index in [-0.39, 0.29) is 38.1 Å². The van der Waals surface area contributed by atoms with Crippen molar-refractivity contribution in [2.45, 2.75) is 31.7 Å². The molecule has 2 aromatic rings. The second kappa shape index (κ2) is 12.9. The van der Waals surface area contributed by atoms with E-state index in [2.05, 4.69) is 25.8 Å². The first-order valence-corrected chi connectivity index (χ1v) is 12.9. The number of hydrogen-bond acceptors (Lipinski definition) is 8. The van der Waals surface area contributed by atoms with Gasteiger partial charge in [0.05, 0.1) is 17.9 Å². The number of nitrogen functional groups attached to an aromatic ring is 1. The molecule has 2 amide bonds. The molecule has 12 heteroatoms. The number of piperidine rings is 1. The minimum atomic E-state index is -1.33. The van der Waals surface area contributed by atoms with Crippen LogP contribution in [-0.2, 0) is 20.9 Å². The van der Waals surface area contributed by atoms with E-state index in [1.807, 2.05) is 24.3 Å². The van der Waals surface area contributed by atoms with Crippen molar-refractivity contribution in [2.75, 3.05) is 43.4 Å². The first-order valence-electron chi connectivity index (χ1n) is 12.9. The molecular formula is C27H33FN6O5. The van der Waals surface area contributed by atoms with Crippen molar-refractivity contribution >= 4 is 35.2 Å². The number of amides is 2. The number of nitrogens with one attached hydrogen (secondary N) is 3. The predicted octanol–water partition coefficient (Wildman–Crippen LogP) is 1.67. The zero-order valence-corrected chi connectivity index (χ0v) is 21.4. The fourth-order valence-corrected chi connectivity index (χ4v) is 4.57. The summed E-state index contributed by atoms with van der Waals surface area (Å²) in [5, 5.41) is 17.4. The summed E-state index contributed by atoms with van der Waals surface area (Å²) in [6, 6.07) is 13.3. The van der Waals surface area contributed by atoms with Gasteiger partial charge in [0.1, 0.15) is 24.7 Å². The smallest absolute Gasteiger partial charge is 0.408 e. The molecule has 208 valence electrons. The second-order valence-corrected chi connectivity index (χ2v) is 9.51. The highest BCUT2D eigenvalue weighted by atomic mass is 19.1. The Balaban J connectivity index is 1.26. The molecule has 4 rings (SSSR count). The van der Waals surface area contributed by atoms with E-state index >= 15 is 0 Å². The number of benzene rings is 2. The van der Waals surface area contributed by atoms with E-state index in [0.717, 1.165) is 11.3 Å². The van der Waals surface area contributed by atoms with E-state index in [4.69, 9.17) is 10.5 Å². The number of rotatable bonds is 9. The third-order valence-electron chi connectivity index (χ3n) is 6.77. The summed E-state index contributed by atoms with van der Waals surface area (Å²) in [7, 11) is 0. The number of aliphatic imine (C=N–C) groups is 1. The quantitative estimate of drug-likeness (QED) is 0.301. The van der Waals surface area contributed by atoms with Gasteiger partial charge in [0, 0.05) is 37.7 Å². The van der Waals surface area contributed by atoms with Crippen molar-refractivity contribution in [2.24, 2.45) is 10.9 Å². The number of carboxylic acids is 1. The normalized spacial score (nSPS) is 18.3. The Bertz CT molecular complexity index is 1200. The molecule has 0 aliphatic carbocycles. The Morgan fingerprint density at radius 2 is 1.90 bits per heavy atom. The number of alkyl carbamates (subject to hydrolysis) is 1. The van der Waals surface area contributed by atoms with Gasteiger partial charge >= 0.3 is 12.1 Å². The van der Waals surface area contributed by atoms with Crippen molar-refractivity contribution in [3.63, 3.8) is 0 Å². The number of halogens is 1. The third kappa shape index (κ3) is 7.37. The molecular weight excluding hydrogens is 507 g/mol. The number of para-hydroxylation sites is 1. The molecule has 0 spiro atoms. The number of nitrogens with two attached hydrogens (primary N) is 1. The van der Waals surface area contributed by atoms with Crippen LogP contribution in [0.3, 0.4) is 0 Å². The Morgan fingerprint density at radius 1 is 1.15 bits per heavy atom. The molecule has 39 heavy (non-hydrogen) atoms. The number of alkyl halides is 1. The first kappa shape index (κ1) is 27.7. The van der Waals surface area contributed by atoms with Gasteiger partial charge in [0.15, 0.2) is 0 Å². The Kier molecular flexibility index (Phi) is 9.18. The molecule has 1 fully saturated rings. The van der Waals surface area contributed by atoms with Gasteiger partial charge in [-0.2, -0.15) is 0 Å². The number of nitrogens with zero attached hydrogens (tertiary/aromatic N) is 2. The van der Waals surface area contributed by atoms with Crippen LogP contribution in [0.2, 0.25) is 0 Å². The summed E-state index contributed by atoms with van der Waals surface area (Å²) < 4.78 is 18.5. The predicted molar refractivity (Wildman–Crippen MR) is 144 cm³/mol. The second-order valence-electron chi connectivity index (χ2n) is 9.51. The average Bonchev–Trinajstić information content (AvgIpc) is 2.95. The lowest BCUT2D eigenvalue weighted by atomic mass is 9.95. The minimum absolute atomic E-state index is 0.0000763. The van der Waals surface area contributed by atoms with Crippen molar-refractivity contribution < 1.29 is 28.6 Å². The van der Waals surface area contributed by atoms with E-state index in [1.165, 1.54) is 0 Å². The van der Waals surface area contributed by atoms with Crippen molar-refractivity contribution in [3.8, 4) is 0 Å².